The Hall–Kier alpha value is -3.65. The highest BCUT2D eigenvalue weighted by atomic mass is 16.2. The lowest BCUT2D eigenvalue weighted by atomic mass is 10.1. The quantitative estimate of drug-likeness (QED) is 0.578. The van der Waals surface area contributed by atoms with Gasteiger partial charge in [-0.15, -0.1) is 0 Å². The van der Waals surface area contributed by atoms with Crippen molar-refractivity contribution in [3.05, 3.63) is 83.2 Å². The van der Waals surface area contributed by atoms with Crippen LogP contribution in [0.4, 0.5) is 5.69 Å². The van der Waals surface area contributed by atoms with E-state index in [1.807, 2.05) is 29.7 Å². The lowest BCUT2D eigenvalue weighted by Gasteiger charge is -2.11. The molecule has 1 aromatic heterocycles. The molecule has 0 aliphatic carbocycles. The first-order valence-electron chi connectivity index (χ1n) is 8.12. The van der Waals surface area contributed by atoms with Crippen LogP contribution < -0.4 is 5.32 Å². The summed E-state index contributed by atoms with van der Waals surface area (Å²) in [5, 5.41) is 11.9. The van der Waals surface area contributed by atoms with E-state index >= 15 is 0 Å². The molecule has 1 N–H and O–H groups in total. The van der Waals surface area contributed by atoms with Crippen LogP contribution in [0.1, 0.15) is 27.3 Å². The number of benzene rings is 2. The molecule has 128 valence electrons. The number of aryl methyl sites for hydroxylation is 1. The predicted octanol–water partition coefficient (Wildman–Crippen LogP) is 3.79. The van der Waals surface area contributed by atoms with Crippen LogP contribution >= 0.6 is 0 Å². The molecule has 1 heterocycles. The van der Waals surface area contributed by atoms with Crippen molar-refractivity contribution in [3.8, 4) is 11.8 Å². The van der Waals surface area contributed by atoms with E-state index in [-0.39, 0.29) is 0 Å². The van der Waals surface area contributed by atoms with Crippen molar-refractivity contribution in [2.24, 2.45) is 0 Å². The summed E-state index contributed by atoms with van der Waals surface area (Å²) in [5.74, 6) is -1.30. The van der Waals surface area contributed by atoms with E-state index in [1.54, 1.807) is 49.4 Å². The summed E-state index contributed by atoms with van der Waals surface area (Å²) in [6.07, 6.45) is 0. The normalized spacial score (nSPS) is 10.2. The molecule has 0 fully saturated rings. The molecule has 0 spiro atoms. The van der Waals surface area contributed by atoms with Crippen molar-refractivity contribution in [3.63, 3.8) is 0 Å². The Morgan fingerprint density at radius 3 is 2.35 bits per heavy atom. The summed E-state index contributed by atoms with van der Waals surface area (Å²) >= 11 is 0. The summed E-state index contributed by atoms with van der Waals surface area (Å²) in [6.45, 7) is 3.61. The number of ketones is 1. The fourth-order valence-electron chi connectivity index (χ4n) is 2.96. The van der Waals surface area contributed by atoms with Crippen LogP contribution in [0, 0.1) is 25.2 Å². The second-order valence-corrected chi connectivity index (χ2v) is 5.90. The van der Waals surface area contributed by atoms with Crippen molar-refractivity contribution in [1.29, 1.82) is 5.26 Å². The van der Waals surface area contributed by atoms with Gasteiger partial charge < -0.3 is 9.88 Å². The molecule has 0 saturated heterocycles. The van der Waals surface area contributed by atoms with Gasteiger partial charge in [-0.1, -0.05) is 30.3 Å². The molecule has 26 heavy (non-hydrogen) atoms. The smallest absolute Gasteiger partial charge is 0.296 e. The van der Waals surface area contributed by atoms with Crippen LogP contribution in [0.25, 0.3) is 5.69 Å². The molecular formula is C21H17N3O2. The van der Waals surface area contributed by atoms with Gasteiger partial charge >= 0.3 is 0 Å². The predicted molar refractivity (Wildman–Crippen MR) is 99.4 cm³/mol. The molecular weight excluding hydrogens is 326 g/mol. The lowest BCUT2D eigenvalue weighted by Crippen LogP contribution is -2.23. The van der Waals surface area contributed by atoms with E-state index in [1.165, 1.54) is 0 Å². The molecule has 0 unspecified atom stereocenters. The van der Waals surface area contributed by atoms with Gasteiger partial charge in [0.15, 0.2) is 0 Å². The minimum atomic E-state index is -0.690. The number of hydrogen-bond donors (Lipinski definition) is 1. The maximum absolute atomic E-state index is 12.6. The van der Waals surface area contributed by atoms with Crippen LogP contribution in [0.5, 0.6) is 0 Å². The number of anilines is 1. The molecule has 0 bridgehead atoms. The van der Waals surface area contributed by atoms with Gasteiger partial charge in [0.2, 0.25) is 0 Å². The Morgan fingerprint density at radius 1 is 1.00 bits per heavy atom. The molecule has 3 aromatic rings. The fourth-order valence-corrected chi connectivity index (χ4v) is 2.96. The monoisotopic (exact) mass is 343 g/mol. The molecule has 2 aromatic carbocycles. The zero-order valence-electron chi connectivity index (χ0n) is 14.5. The Morgan fingerprint density at radius 2 is 1.65 bits per heavy atom. The third kappa shape index (κ3) is 3.13. The van der Waals surface area contributed by atoms with Gasteiger partial charge in [-0.05, 0) is 44.2 Å². The highest BCUT2D eigenvalue weighted by Gasteiger charge is 2.23. The minimum Gasteiger partial charge on any atom is -0.319 e. The average molecular weight is 343 g/mol. The topological polar surface area (TPSA) is 74.9 Å². The number of rotatable bonds is 4. The number of nitrogens with zero attached hydrogens (tertiary/aromatic N) is 2. The number of para-hydroxylation sites is 2. The van der Waals surface area contributed by atoms with Crippen LogP contribution in [-0.2, 0) is 4.79 Å². The molecule has 1 amide bonds. The van der Waals surface area contributed by atoms with Crippen molar-refractivity contribution >= 4 is 17.4 Å². The summed E-state index contributed by atoms with van der Waals surface area (Å²) in [7, 11) is 0. The van der Waals surface area contributed by atoms with Gasteiger partial charge in [-0.2, -0.15) is 5.26 Å². The van der Waals surface area contributed by atoms with Crippen molar-refractivity contribution in [2.75, 3.05) is 5.32 Å². The van der Waals surface area contributed by atoms with Gasteiger partial charge in [0.05, 0.1) is 11.3 Å². The maximum Gasteiger partial charge on any atom is 0.296 e. The highest BCUT2D eigenvalue weighted by molar-refractivity contribution is 6.46. The van der Waals surface area contributed by atoms with Crippen LogP contribution in [0.3, 0.4) is 0 Å². The third-order valence-electron chi connectivity index (χ3n) is 4.18. The Kier molecular flexibility index (Phi) is 4.68. The molecule has 5 nitrogen and oxygen atoms in total. The summed E-state index contributed by atoms with van der Waals surface area (Å²) < 4.78 is 1.82. The van der Waals surface area contributed by atoms with Gasteiger partial charge in [-0.3, -0.25) is 9.59 Å². The van der Waals surface area contributed by atoms with Gasteiger partial charge in [0.25, 0.3) is 11.7 Å². The summed E-state index contributed by atoms with van der Waals surface area (Å²) in [5.41, 5.74) is 3.48. The molecule has 3 rings (SSSR count). The molecule has 0 atom stereocenters. The van der Waals surface area contributed by atoms with E-state index in [9.17, 15) is 14.9 Å². The average Bonchev–Trinajstić information content (AvgIpc) is 2.96. The van der Waals surface area contributed by atoms with Gasteiger partial charge in [-0.25, -0.2) is 0 Å². The number of aromatic nitrogens is 1. The SMILES string of the molecule is Cc1cc(C(=O)C(=O)Nc2ccccc2)c(C)n1-c1ccccc1C#N. The zero-order chi connectivity index (χ0) is 18.7. The first-order valence-corrected chi connectivity index (χ1v) is 8.12. The van der Waals surface area contributed by atoms with Crippen LogP contribution in [0.15, 0.2) is 60.7 Å². The van der Waals surface area contributed by atoms with Crippen molar-refractivity contribution in [2.45, 2.75) is 13.8 Å². The standard InChI is InChI=1S/C21H17N3O2/c1-14-12-18(20(25)21(26)23-17-9-4-3-5-10-17)15(2)24(14)19-11-7-6-8-16(19)13-22/h3-12H,1-2H3,(H,23,26). The number of carbonyl (C=O) groups excluding carboxylic acids is 2. The highest BCUT2D eigenvalue weighted by Crippen LogP contribution is 2.24. The first kappa shape index (κ1) is 17.2. The Bertz CT molecular complexity index is 1030. The second-order valence-electron chi connectivity index (χ2n) is 5.90. The lowest BCUT2D eigenvalue weighted by molar-refractivity contribution is -0.112. The molecule has 0 radical (unpaired) electrons. The fraction of sp³-hybridized carbons (Fsp3) is 0.0952. The number of carbonyl (C=O) groups is 2. The van der Waals surface area contributed by atoms with Gasteiger partial charge in [0.1, 0.15) is 6.07 Å². The van der Waals surface area contributed by atoms with E-state index < -0.39 is 11.7 Å². The molecule has 0 aliphatic rings. The van der Waals surface area contributed by atoms with E-state index in [4.69, 9.17) is 0 Å². The molecule has 5 heteroatoms. The number of hydrogen-bond acceptors (Lipinski definition) is 3. The minimum absolute atomic E-state index is 0.323. The van der Waals surface area contributed by atoms with E-state index in [0.717, 1.165) is 5.69 Å². The number of nitrogens with one attached hydrogen (secondary N) is 1. The number of amides is 1. The second kappa shape index (κ2) is 7.08. The maximum atomic E-state index is 12.6. The largest absolute Gasteiger partial charge is 0.319 e. The Balaban J connectivity index is 1.96. The number of nitriles is 1. The van der Waals surface area contributed by atoms with Crippen molar-refractivity contribution < 1.29 is 9.59 Å². The summed E-state index contributed by atoms with van der Waals surface area (Å²) in [4.78, 5) is 25.0. The summed E-state index contributed by atoms with van der Waals surface area (Å²) in [6, 6.07) is 19.8. The van der Waals surface area contributed by atoms with Crippen LogP contribution in [-0.4, -0.2) is 16.3 Å². The first-order chi connectivity index (χ1) is 12.5. The van der Waals surface area contributed by atoms with Crippen LogP contribution in [0.2, 0.25) is 0 Å². The van der Waals surface area contributed by atoms with E-state index in [0.29, 0.717) is 28.2 Å². The number of Topliss-reactive ketones (excluding diaryl/α,β-unsaturated/α-hetero) is 1. The van der Waals surface area contributed by atoms with Crippen molar-refractivity contribution in [1.82, 2.24) is 4.57 Å². The third-order valence-corrected chi connectivity index (χ3v) is 4.18. The Labute approximate surface area is 151 Å². The molecule has 0 aliphatic heterocycles. The van der Waals surface area contributed by atoms with E-state index in [2.05, 4.69) is 11.4 Å². The van der Waals surface area contributed by atoms with Gasteiger partial charge in [0, 0.05) is 22.6 Å². The zero-order valence-corrected chi connectivity index (χ0v) is 14.5. The molecule has 0 saturated carbocycles.